The molecule has 0 aliphatic rings. The summed E-state index contributed by atoms with van der Waals surface area (Å²) in [6.07, 6.45) is 5.17. The molecular formula is C15H17FN4O. The standard InChI is InChI=1S/C15H17FN4O/c1-3-6-18-14-13(8-11(16)9-19-14)15(21)20(2)12-5-4-7-17-10-12/h4-5,7-10H,3,6H2,1-2H3,(H,18,19). The lowest BCUT2D eigenvalue weighted by atomic mass is 10.2. The highest BCUT2D eigenvalue weighted by Gasteiger charge is 2.19. The number of hydrogen-bond donors (Lipinski definition) is 1. The van der Waals surface area contributed by atoms with Gasteiger partial charge in [-0.25, -0.2) is 9.37 Å². The van der Waals surface area contributed by atoms with Gasteiger partial charge in [-0.15, -0.1) is 0 Å². The minimum Gasteiger partial charge on any atom is -0.369 e. The molecule has 1 amide bonds. The van der Waals surface area contributed by atoms with E-state index in [1.807, 2.05) is 6.92 Å². The second-order valence-corrected chi connectivity index (χ2v) is 4.55. The van der Waals surface area contributed by atoms with E-state index in [0.29, 0.717) is 18.1 Å². The van der Waals surface area contributed by atoms with E-state index >= 15 is 0 Å². The summed E-state index contributed by atoms with van der Waals surface area (Å²) in [6, 6.07) is 4.69. The predicted molar refractivity (Wildman–Crippen MR) is 79.9 cm³/mol. The van der Waals surface area contributed by atoms with Crippen LogP contribution in [0.4, 0.5) is 15.9 Å². The van der Waals surface area contributed by atoms with Crippen molar-refractivity contribution in [2.45, 2.75) is 13.3 Å². The van der Waals surface area contributed by atoms with Gasteiger partial charge >= 0.3 is 0 Å². The van der Waals surface area contributed by atoms with E-state index in [9.17, 15) is 9.18 Å². The van der Waals surface area contributed by atoms with Crippen LogP contribution >= 0.6 is 0 Å². The Kier molecular flexibility index (Phi) is 4.81. The Bertz CT molecular complexity index is 618. The molecule has 6 heteroatoms. The molecular weight excluding hydrogens is 271 g/mol. The minimum atomic E-state index is -0.542. The van der Waals surface area contributed by atoms with Crippen LogP contribution in [-0.4, -0.2) is 29.5 Å². The van der Waals surface area contributed by atoms with Gasteiger partial charge in [0.05, 0.1) is 23.6 Å². The second kappa shape index (κ2) is 6.78. The van der Waals surface area contributed by atoms with Crippen molar-refractivity contribution in [3.8, 4) is 0 Å². The molecule has 0 bridgehead atoms. The molecule has 2 rings (SSSR count). The quantitative estimate of drug-likeness (QED) is 0.919. The lowest BCUT2D eigenvalue weighted by molar-refractivity contribution is 0.0993. The first-order valence-corrected chi connectivity index (χ1v) is 6.71. The van der Waals surface area contributed by atoms with Crippen molar-refractivity contribution in [3.05, 3.63) is 48.2 Å². The fourth-order valence-electron chi connectivity index (χ4n) is 1.84. The highest BCUT2D eigenvalue weighted by atomic mass is 19.1. The number of nitrogens with zero attached hydrogens (tertiary/aromatic N) is 3. The molecule has 0 aliphatic heterocycles. The highest BCUT2D eigenvalue weighted by Crippen LogP contribution is 2.19. The van der Waals surface area contributed by atoms with Crippen LogP contribution in [0.3, 0.4) is 0 Å². The highest BCUT2D eigenvalue weighted by molar-refractivity contribution is 6.08. The molecule has 0 saturated heterocycles. The first-order chi connectivity index (χ1) is 10.1. The lowest BCUT2D eigenvalue weighted by Crippen LogP contribution is -2.27. The average Bonchev–Trinajstić information content (AvgIpc) is 2.53. The molecule has 0 atom stereocenters. The number of halogens is 1. The Labute approximate surface area is 122 Å². The first-order valence-electron chi connectivity index (χ1n) is 6.71. The molecule has 0 spiro atoms. The zero-order valence-electron chi connectivity index (χ0n) is 12.0. The number of carbonyl (C=O) groups is 1. The van der Waals surface area contributed by atoms with Gasteiger partial charge in [0.2, 0.25) is 0 Å². The van der Waals surface area contributed by atoms with Gasteiger partial charge in [-0.1, -0.05) is 6.92 Å². The molecule has 0 aliphatic carbocycles. The van der Waals surface area contributed by atoms with Gasteiger partial charge in [-0.3, -0.25) is 9.78 Å². The third-order valence-electron chi connectivity index (χ3n) is 2.97. The molecule has 0 aromatic carbocycles. The Hall–Kier alpha value is -2.50. The van der Waals surface area contributed by atoms with E-state index in [2.05, 4.69) is 15.3 Å². The summed E-state index contributed by atoms with van der Waals surface area (Å²) in [5.74, 6) is -0.493. The molecule has 0 unspecified atom stereocenters. The third kappa shape index (κ3) is 3.53. The van der Waals surface area contributed by atoms with Crippen molar-refractivity contribution < 1.29 is 9.18 Å². The van der Waals surface area contributed by atoms with Gasteiger partial charge < -0.3 is 10.2 Å². The number of anilines is 2. The van der Waals surface area contributed by atoms with Gasteiger partial charge in [-0.2, -0.15) is 0 Å². The molecule has 1 N–H and O–H groups in total. The summed E-state index contributed by atoms with van der Waals surface area (Å²) < 4.78 is 13.4. The van der Waals surface area contributed by atoms with Crippen molar-refractivity contribution in [2.24, 2.45) is 0 Å². The lowest BCUT2D eigenvalue weighted by Gasteiger charge is -2.18. The maximum absolute atomic E-state index is 13.4. The molecule has 0 radical (unpaired) electrons. The summed E-state index contributed by atoms with van der Waals surface area (Å²) >= 11 is 0. The number of rotatable bonds is 5. The van der Waals surface area contributed by atoms with Crippen molar-refractivity contribution in [3.63, 3.8) is 0 Å². The number of amides is 1. The summed E-state index contributed by atoms with van der Waals surface area (Å²) in [5.41, 5.74) is 0.836. The summed E-state index contributed by atoms with van der Waals surface area (Å²) in [5, 5.41) is 3.04. The van der Waals surface area contributed by atoms with Crippen molar-refractivity contribution in [2.75, 3.05) is 23.8 Å². The van der Waals surface area contributed by atoms with Gasteiger partial charge in [0.25, 0.3) is 5.91 Å². The van der Waals surface area contributed by atoms with E-state index < -0.39 is 5.82 Å². The van der Waals surface area contributed by atoms with Crippen LogP contribution < -0.4 is 10.2 Å². The van der Waals surface area contributed by atoms with Crippen LogP contribution in [0.15, 0.2) is 36.8 Å². The van der Waals surface area contributed by atoms with Crippen LogP contribution in [0.5, 0.6) is 0 Å². The second-order valence-electron chi connectivity index (χ2n) is 4.55. The topological polar surface area (TPSA) is 58.1 Å². The van der Waals surface area contributed by atoms with Crippen molar-refractivity contribution >= 4 is 17.4 Å². The minimum absolute atomic E-state index is 0.204. The molecule has 2 aromatic heterocycles. The Morgan fingerprint density at radius 1 is 1.43 bits per heavy atom. The first kappa shape index (κ1) is 14.9. The number of carbonyl (C=O) groups excluding carboxylic acids is 1. The summed E-state index contributed by atoms with van der Waals surface area (Å²) in [4.78, 5) is 21.9. The van der Waals surface area contributed by atoms with Gasteiger partial charge in [-0.05, 0) is 24.6 Å². The monoisotopic (exact) mass is 288 g/mol. The zero-order chi connectivity index (χ0) is 15.2. The molecule has 0 saturated carbocycles. The van der Waals surface area contributed by atoms with Crippen LogP contribution in [-0.2, 0) is 0 Å². The molecule has 0 fully saturated rings. The third-order valence-corrected chi connectivity index (χ3v) is 2.97. The smallest absolute Gasteiger partial charge is 0.261 e. The van der Waals surface area contributed by atoms with Crippen LogP contribution in [0.1, 0.15) is 23.7 Å². The fraction of sp³-hybridized carbons (Fsp3) is 0.267. The van der Waals surface area contributed by atoms with Crippen molar-refractivity contribution in [1.29, 1.82) is 0 Å². The average molecular weight is 288 g/mol. The zero-order valence-corrected chi connectivity index (χ0v) is 12.0. The molecule has 2 heterocycles. The van der Waals surface area contributed by atoms with E-state index in [-0.39, 0.29) is 11.5 Å². The molecule has 110 valence electrons. The maximum atomic E-state index is 13.4. The Morgan fingerprint density at radius 2 is 2.24 bits per heavy atom. The largest absolute Gasteiger partial charge is 0.369 e. The number of pyridine rings is 2. The van der Waals surface area contributed by atoms with Crippen LogP contribution in [0.25, 0.3) is 0 Å². The summed E-state index contributed by atoms with van der Waals surface area (Å²) in [7, 11) is 1.62. The Morgan fingerprint density at radius 3 is 2.90 bits per heavy atom. The Balaban J connectivity index is 2.31. The van der Waals surface area contributed by atoms with Gasteiger partial charge in [0.15, 0.2) is 0 Å². The summed E-state index contributed by atoms with van der Waals surface area (Å²) in [6.45, 7) is 2.66. The van der Waals surface area contributed by atoms with Gasteiger partial charge in [0.1, 0.15) is 11.6 Å². The van der Waals surface area contributed by atoms with E-state index in [1.165, 1.54) is 11.0 Å². The van der Waals surface area contributed by atoms with Crippen LogP contribution in [0, 0.1) is 5.82 Å². The molecule has 2 aromatic rings. The van der Waals surface area contributed by atoms with Gasteiger partial charge in [0, 0.05) is 19.8 Å². The molecule has 21 heavy (non-hydrogen) atoms. The molecule has 5 nitrogen and oxygen atoms in total. The SMILES string of the molecule is CCCNc1ncc(F)cc1C(=O)N(C)c1cccnc1. The van der Waals surface area contributed by atoms with E-state index in [4.69, 9.17) is 0 Å². The van der Waals surface area contributed by atoms with E-state index in [0.717, 1.165) is 12.6 Å². The van der Waals surface area contributed by atoms with Crippen LogP contribution in [0.2, 0.25) is 0 Å². The number of hydrogen-bond acceptors (Lipinski definition) is 4. The van der Waals surface area contributed by atoms with E-state index in [1.54, 1.807) is 31.6 Å². The number of aromatic nitrogens is 2. The number of nitrogens with one attached hydrogen (secondary N) is 1. The normalized spacial score (nSPS) is 10.2. The fourth-order valence-corrected chi connectivity index (χ4v) is 1.84. The van der Waals surface area contributed by atoms with Crippen molar-refractivity contribution in [1.82, 2.24) is 9.97 Å². The maximum Gasteiger partial charge on any atom is 0.261 e. The predicted octanol–water partition coefficient (Wildman–Crippen LogP) is 2.71.